The lowest BCUT2D eigenvalue weighted by Crippen LogP contribution is -2.56. The number of carbonyl (C=O) groups excluding carboxylic acids is 3. The van der Waals surface area contributed by atoms with E-state index in [1.807, 2.05) is 13.8 Å². The molecule has 3 N–H and O–H groups in total. The molecule has 0 amide bonds. The number of aliphatic hydroxyl groups is 3. The summed E-state index contributed by atoms with van der Waals surface area (Å²) >= 11 is 3.44. The first-order chi connectivity index (χ1) is 46.4. The molecule has 0 bridgehead atoms. The molecule has 0 unspecified atom stereocenters. The van der Waals surface area contributed by atoms with Crippen molar-refractivity contribution in [2.45, 2.75) is 292 Å². The summed E-state index contributed by atoms with van der Waals surface area (Å²) in [6.45, 7) is 20.4. The number of ketones is 3. The van der Waals surface area contributed by atoms with E-state index in [-0.39, 0.29) is 88.1 Å². The maximum atomic E-state index is 14.1. The van der Waals surface area contributed by atoms with Crippen LogP contribution in [0.25, 0.3) is 22.1 Å². The average Bonchev–Trinajstić information content (AvgIpc) is 1.54. The first-order valence-electron chi connectivity index (χ1n) is 39.1. The Hall–Kier alpha value is -3.67. The van der Waals surface area contributed by atoms with E-state index < -0.39 is 40.1 Å². The largest absolute Gasteiger partial charge is 0.390 e. The standard InChI is InChI=1S/2C29H39F2N3O2.C23H37BrO2.CH4/c1-4-29-12-11-27(2,36)15-17(29)5-6-19-20-7-8-22(28(20,3)10-9-21(19)29)25(35)16-34-24-14-18(30)13-23(31)26(24)32-33-34;1-4-29-12-11-27(2,36)15-17(29)5-6-19-20-7-8-22(28(20,3)10-9-21(19)29)25(35)16-34-32-24-14-18(30)13-23(31)26(24)33-34;1-4-23-12-11-21(2,26)13-15(23)5-6-16-17-7-8-19(20(25)14-24)22(17,3)10-9-18(16)23;/h2*13-14,17,19-22,36H,4-12,15-16H2,1-3H3;15-19,26H,4-14H2,1-3H3;1H4/t2*17-,19-,20-,21-,22+,27+,28-,29-;15-,16-,17-,18-,19+,21+,22-,23-;/m000./s1. The third kappa shape index (κ3) is 12.2. The van der Waals surface area contributed by atoms with E-state index in [0.29, 0.717) is 80.6 Å². The third-order valence-electron chi connectivity index (χ3n) is 32.8. The second kappa shape index (κ2) is 26.7. The lowest BCUT2D eigenvalue weighted by Gasteiger charge is -2.63. The van der Waals surface area contributed by atoms with Gasteiger partial charge in [0.15, 0.2) is 23.2 Å². The van der Waals surface area contributed by atoms with Gasteiger partial charge < -0.3 is 15.3 Å². The number of Topliss-reactive ketones (excluding diaryl/α,β-unsaturated/α-hetero) is 3. The number of hydrogen-bond acceptors (Lipinski definition) is 10. The van der Waals surface area contributed by atoms with Gasteiger partial charge in [0.05, 0.1) is 27.6 Å². The SMILES string of the molecule is C.CC[C@]12CC[C@@](C)(O)C[C@@H]1CC[C@H]1[C@@H]3CC[C@H](C(=O)CBr)[C@@]3(C)CC[C@@H]12.CC[C@]12CC[C@@](C)(O)C[C@@H]1CC[C@H]1[C@@H]3CC[C@H](C(=O)Cn4nc5cc(F)cc(F)c5n4)[C@@]3(C)CC[C@@H]12.CC[C@]12CC[C@@](C)(O)C[C@@H]1CC[C@H]1[C@@H]3CC[C@H](C(=O)Cn4nnc5c(F)cc(F)cc54)[C@@]3(C)CC[C@@H]12. The number of benzene rings is 2. The van der Waals surface area contributed by atoms with E-state index in [4.69, 9.17) is 0 Å². The van der Waals surface area contributed by atoms with E-state index in [1.165, 1.54) is 105 Å². The third-order valence-corrected chi connectivity index (χ3v) is 33.4. The van der Waals surface area contributed by atoms with Crippen LogP contribution in [0.4, 0.5) is 17.6 Å². The number of fused-ring (bicyclic) bond motifs is 17. The minimum Gasteiger partial charge on any atom is -0.390 e. The van der Waals surface area contributed by atoms with Gasteiger partial charge in [-0.1, -0.05) is 70.1 Å². The highest BCUT2D eigenvalue weighted by Gasteiger charge is 2.66. The summed E-state index contributed by atoms with van der Waals surface area (Å²) in [5.41, 5.74) is 0.225. The molecule has 0 radical (unpaired) electrons. The van der Waals surface area contributed by atoms with Gasteiger partial charge in [-0.2, -0.15) is 9.90 Å². The molecule has 12 nitrogen and oxygen atoms in total. The fraction of sp³-hybridized carbons (Fsp3) is 0.817. The van der Waals surface area contributed by atoms with Crippen molar-refractivity contribution in [3.63, 3.8) is 0 Å². The van der Waals surface area contributed by atoms with E-state index in [1.54, 1.807) is 0 Å². The van der Waals surface area contributed by atoms with Crippen molar-refractivity contribution in [2.24, 2.45) is 121 Å². The number of carbonyl (C=O) groups is 3. The van der Waals surface area contributed by atoms with Gasteiger partial charge in [-0.05, 0) is 317 Å². The van der Waals surface area contributed by atoms with Gasteiger partial charge >= 0.3 is 0 Å². The summed E-state index contributed by atoms with van der Waals surface area (Å²) in [6, 6.07) is 3.97. The fourth-order valence-corrected chi connectivity index (χ4v) is 28.6. The summed E-state index contributed by atoms with van der Waals surface area (Å²) in [5.74, 6) is 6.10. The molecule has 17 heteroatoms. The normalized spacial score (nSPS) is 44.7. The van der Waals surface area contributed by atoms with Crippen molar-refractivity contribution in [3.8, 4) is 0 Å². The Morgan fingerprint density at radius 3 is 1.25 bits per heavy atom. The molecule has 2 aromatic heterocycles. The van der Waals surface area contributed by atoms with E-state index >= 15 is 0 Å². The summed E-state index contributed by atoms with van der Waals surface area (Å²) in [6.07, 6.45) is 33.6. The van der Waals surface area contributed by atoms with E-state index in [2.05, 4.69) is 84.9 Å². The molecular formula is C82H119BrF4N6O6. The Kier molecular flexibility index (Phi) is 19.9. The van der Waals surface area contributed by atoms with Crippen molar-refractivity contribution in [2.75, 3.05) is 5.33 Å². The number of nitrogens with zero attached hydrogens (tertiary/aromatic N) is 6. The Morgan fingerprint density at radius 1 is 0.465 bits per heavy atom. The van der Waals surface area contributed by atoms with Crippen LogP contribution in [0.3, 0.4) is 0 Å². The van der Waals surface area contributed by atoms with Crippen LogP contribution in [0, 0.1) is 145 Å². The van der Waals surface area contributed by atoms with Gasteiger partial charge in [0.2, 0.25) is 0 Å². The van der Waals surface area contributed by atoms with Crippen LogP contribution in [0.5, 0.6) is 0 Å². The van der Waals surface area contributed by atoms with Crippen LogP contribution in [-0.4, -0.2) is 84.8 Å². The zero-order valence-electron chi connectivity index (χ0n) is 60.4. The van der Waals surface area contributed by atoms with Crippen LogP contribution in [0.1, 0.15) is 262 Å². The molecule has 0 aliphatic heterocycles. The van der Waals surface area contributed by atoms with Crippen LogP contribution in [0.15, 0.2) is 24.3 Å². The highest BCUT2D eigenvalue weighted by molar-refractivity contribution is 9.09. The molecule has 0 spiro atoms. The molecule has 0 saturated heterocycles. The zero-order valence-corrected chi connectivity index (χ0v) is 62.0. The van der Waals surface area contributed by atoms with Crippen LogP contribution >= 0.6 is 15.9 Å². The van der Waals surface area contributed by atoms with Gasteiger partial charge in [-0.3, -0.25) is 14.4 Å². The van der Waals surface area contributed by atoms with E-state index in [0.717, 1.165) is 139 Å². The second-order valence-electron chi connectivity index (χ2n) is 36.9. The minimum atomic E-state index is -0.750. The van der Waals surface area contributed by atoms with E-state index in [9.17, 15) is 47.3 Å². The fourth-order valence-electron chi connectivity index (χ4n) is 28.2. The molecule has 4 aromatic rings. The summed E-state index contributed by atoms with van der Waals surface area (Å²) < 4.78 is 57.0. The number of hydrogen-bond donors (Lipinski definition) is 3. The molecule has 12 fully saturated rings. The highest BCUT2D eigenvalue weighted by Crippen LogP contribution is 2.73. The van der Waals surface area contributed by atoms with Crippen molar-refractivity contribution in [3.05, 3.63) is 47.5 Å². The Balaban J connectivity index is 0.000000135. The molecule has 16 rings (SSSR count). The molecule has 12 saturated carbocycles. The Labute approximate surface area is 595 Å². The number of aromatic nitrogens is 6. The molecule has 2 heterocycles. The molecule has 12 aliphatic rings. The van der Waals surface area contributed by atoms with Gasteiger partial charge in [-0.15, -0.1) is 10.2 Å². The second-order valence-corrected chi connectivity index (χ2v) is 37.4. The molecule has 2 aromatic carbocycles. The van der Waals surface area contributed by atoms with Crippen LogP contribution in [0.2, 0.25) is 0 Å². The molecular weight excluding hydrogens is 1320 g/mol. The van der Waals surface area contributed by atoms with Gasteiger partial charge in [-0.25, -0.2) is 22.2 Å². The topological polar surface area (TPSA) is 173 Å². The lowest BCUT2D eigenvalue weighted by atomic mass is 9.42. The monoisotopic (exact) mass is 1440 g/mol. The van der Waals surface area contributed by atoms with Gasteiger partial charge in [0.25, 0.3) is 0 Å². The first kappa shape index (κ1) is 73.6. The minimum absolute atomic E-state index is 0. The van der Waals surface area contributed by atoms with Gasteiger partial charge in [0.1, 0.15) is 47.1 Å². The van der Waals surface area contributed by atoms with Gasteiger partial charge in [0, 0.05) is 42.0 Å². The summed E-state index contributed by atoms with van der Waals surface area (Å²) in [4.78, 5) is 41.1. The Morgan fingerprint density at radius 2 is 0.848 bits per heavy atom. The average molecular weight is 1440 g/mol. The predicted molar refractivity (Wildman–Crippen MR) is 382 cm³/mol. The number of halogens is 5. The highest BCUT2D eigenvalue weighted by atomic mass is 79.9. The summed E-state index contributed by atoms with van der Waals surface area (Å²) in [5, 5.41) is 49.1. The molecule has 99 heavy (non-hydrogen) atoms. The zero-order chi connectivity index (χ0) is 69.7. The quantitative estimate of drug-likeness (QED) is 0.0969. The Bertz CT molecular complexity index is 3670. The molecule has 12 aliphatic carbocycles. The van der Waals surface area contributed by atoms with Crippen LogP contribution < -0.4 is 0 Å². The maximum Gasteiger partial charge on any atom is 0.159 e. The predicted octanol–water partition coefficient (Wildman–Crippen LogP) is 18.5. The molecule has 24 atom stereocenters. The smallest absolute Gasteiger partial charge is 0.159 e. The van der Waals surface area contributed by atoms with Crippen molar-refractivity contribution < 1.29 is 47.3 Å². The number of alkyl halides is 1. The first-order valence-corrected chi connectivity index (χ1v) is 40.2. The van der Waals surface area contributed by atoms with Crippen molar-refractivity contribution >= 4 is 55.3 Å². The van der Waals surface area contributed by atoms with Crippen molar-refractivity contribution in [1.29, 1.82) is 0 Å². The maximum absolute atomic E-state index is 14.1. The summed E-state index contributed by atoms with van der Waals surface area (Å²) in [7, 11) is 0. The van der Waals surface area contributed by atoms with Crippen molar-refractivity contribution in [1.82, 2.24) is 30.0 Å². The molecule has 548 valence electrons. The lowest BCUT2D eigenvalue weighted by molar-refractivity contribution is -0.158. The van der Waals surface area contributed by atoms with Crippen LogP contribution in [-0.2, 0) is 27.5 Å². The number of rotatable bonds is 11.